The second-order valence-corrected chi connectivity index (χ2v) is 5.26. The van der Waals surface area contributed by atoms with Crippen LogP contribution in [0.3, 0.4) is 0 Å². The van der Waals surface area contributed by atoms with Crippen molar-refractivity contribution < 1.29 is 9.18 Å². The van der Waals surface area contributed by atoms with Gasteiger partial charge in [0.15, 0.2) is 5.78 Å². The zero-order chi connectivity index (χ0) is 13.1. The molecule has 1 heterocycles. The number of ketones is 1. The number of hydrogen-bond donors (Lipinski definition) is 1. The van der Waals surface area contributed by atoms with Gasteiger partial charge in [-0.1, -0.05) is 6.07 Å². The molecule has 98 valence electrons. The van der Waals surface area contributed by atoms with E-state index >= 15 is 0 Å². The van der Waals surface area contributed by atoms with E-state index in [9.17, 15) is 9.18 Å². The van der Waals surface area contributed by atoms with Gasteiger partial charge in [-0.05, 0) is 62.9 Å². The minimum absolute atomic E-state index is 0.0584. The summed E-state index contributed by atoms with van der Waals surface area (Å²) in [5.41, 5.74) is 1.90. The van der Waals surface area contributed by atoms with E-state index in [-0.39, 0.29) is 17.2 Å². The number of benzene rings is 1. The van der Waals surface area contributed by atoms with E-state index in [0.717, 1.165) is 37.1 Å². The van der Waals surface area contributed by atoms with Crippen molar-refractivity contribution >= 4 is 5.78 Å². The van der Waals surface area contributed by atoms with Gasteiger partial charge in [0.2, 0.25) is 0 Å². The van der Waals surface area contributed by atoms with E-state index in [0.29, 0.717) is 12.3 Å². The minimum atomic E-state index is -0.373. The molecule has 1 saturated heterocycles. The van der Waals surface area contributed by atoms with E-state index in [4.69, 9.17) is 0 Å². The first-order valence-electron chi connectivity index (χ1n) is 6.58. The van der Waals surface area contributed by atoms with Crippen LogP contribution in [0.15, 0.2) is 12.1 Å². The summed E-state index contributed by atoms with van der Waals surface area (Å²) in [4.78, 5) is 12.1. The van der Waals surface area contributed by atoms with Crippen LogP contribution in [0.25, 0.3) is 0 Å². The molecule has 0 bridgehead atoms. The summed E-state index contributed by atoms with van der Waals surface area (Å²) < 4.78 is 13.8. The van der Waals surface area contributed by atoms with Crippen LogP contribution in [0.4, 0.5) is 4.39 Å². The highest BCUT2D eigenvalue weighted by atomic mass is 19.1. The Hall–Kier alpha value is -1.22. The number of rotatable bonds is 4. The molecule has 1 atom stereocenters. The molecule has 1 unspecified atom stereocenters. The summed E-state index contributed by atoms with van der Waals surface area (Å²) in [6.07, 6.45) is 2.44. The molecule has 3 heteroatoms. The minimum Gasteiger partial charge on any atom is -0.316 e. The molecule has 0 aromatic heterocycles. The molecular weight excluding hydrogens is 229 g/mol. The van der Waals surface area contributed by atoms with Gasteiger partial charge in [0, 0.05) is 6.42 Å². The van der Waals surface area contributed by atoms with Gasteiger partial charge >= 0.3 is 0 Å². The van der Waals surface area contributed by atoms with Crippen LogP contribution in [-0.4, -0.2) is 18.9 Å². The Labute approximate surface area is 108 Å². The number of nitrogens with one attached hydrogen (secondary N) is 1. The number of carbonyl (C=O) groups excluding carboxylic acids is 1. The fourth-order valence-electron chi connectivity index (χ4n) is 2.69. The van der Waals surface area contributed by atoms with Crippen molar-refractivity contribution in [3.8, 4) is 0 Å². The molecule has 1 N–H and O–H groups in total. The molecule has 0 radical (unpaired) electrons. The highest BCUT2D eigenvalue weighted by Gasteiger charge is 2.19. The third kappa shape index (κ3) is 2.96. The molecular formula is C15H20FNO. The molecule has 0 aliphatic carbocycles. The number of aryl methyl sites for hydroxylation is 2. The smallest absolute Gasteiger partial charge is 0.166 e. The topological polar surface area (TPSA) is 29.1 Å². The first-order chi connectivity index (χ1) is 8.58. The van der Waals surface area contributed by atoms with Crippen molar-refractivity contribution in [2.24, 2.45) is 5.92 Å². The Bertz CT molecular complexity index is 427. The monoisotopic (exact) mass is 249 g/mol. The normalized spacial score (nSPS) is 19.2. The molecule has 0 amide bonds. The van der Waals surface area contributed by atoms with E-state index in [1.807, 2.05) is 13.0 Å². The summed E-state index contributed by atoms with van der Waals surface area (Å²) in [5, 5.41) is 3.28. The lowest BCUT2D eigenvalue weighted by Crippen LogP contribution is -2.12. The maximum Gasteiger partial charge on any atom is 0.166 e. The van der Waals surface area contributed by atoms with Crippen molar-refractivity contribution in [1.82, 2.24) is 5.32 Å². The quantitative estimate of drug-likeness (QED) is 0.831. The third-order valence-electron chi connectivity index (χ3n) is 3.65. The lowest BCUT2D eigenvalue weighted by Gasteiger charge is -2.10. The zero-order valence-electron chi connectivity index (χ0n) is 11.1. The molecule has 1 fully saturated rings. The number of halogens is 1. The lowest BCUT2D eigenvalue weighted by atomic mass is 9.95. The summed E-state index contributed by atoms with van der Waals surface area (Å²) >= 11 is 0. The third-order valence-corrected chi connectivity index (χ3v) is 3.65. The second-order valence-electron chi connectivity index (χ2n) is 5.26. The lowest BCUT2D eigenvalue weighted by molar-refractivity contribution is 0.0970. The molecule has 2 nitrogen and oxygen atoms in total. The van der Waals surface area contributed by atoms with Crippen LogP contribution >= 0.6 is 0 Å². The van der Waals surface area contributed by atoms with Gasteiger partial charge < -0.3 is 5.32 Å². The Morgan fingerprint density at radius 1 is 1.44 bits per heavy atom. The average Bonchev–Trinajstić information content (AvgIpc) is 2.77. The van der Waals surface area contributed by atoms with Gasteiger partial charge in [-0.3, -0.25) is 4.79 Å². The van der Waals surface area contributed by atoms with Gasteiger partial charge in [0.1, 0.15) is 5.82 Å². The Balaban J connectivity index is 2.04. The number of carbonyl (C=O) groups is 1. The van der Waals surface area contributed by atoms with Gasteiger partial charge in [-0.2, -0.15) is 0 Å². The fraction of sp³-hybridized carbons (Fsp3) is 0.533. The van der Waals surface area contributed by atoms with Crippen molar-refractivity contribution in [3.05, 3.63) is 34.6 Å². The van der Waals surface area contributed by atoms with Crippen molar-refractivity contribution in [1.29, 1.82) is 0 Å². The van der Waals surface area contributed by atoms with Crippen LogP contribution in [0.1, 0.15) is 40.7 Å². The van der Waals surface area contributed by atoms with Crippen LogP contribution in [-0.2, 0) is 0 Å². The molecule has 0 spiro atoms. The summed E-state index contributed by atoms with van der Waals surface area (Å²) in [7, 11) is 0. The van der Waals surface area contributed by atoms with Gasteiger partial charge in [-0.15, -0.1) is 0 Å². The Morgan fingerprint density at radius 3 is 2.83 bits per heavy atom. The molecule has 0 saturated carbocycles. The average molecular weight is 249 g/mol. The molecule has 1 aromatic rings. The first kappa shape index (κ1) is 13.2. The molecule has 18 heavy (non-hydrogen) atoms. The van der Waals surface area contributed by atoms with Crippen LogP contribution < -0.4 is 5.32 Å². The molecule has 2 rings (SSSR count). The van der Waals surface area contributed by atoms with E-state index in [2.05, 4.69) is 5.32 Å². The Morgan fingerprint density at radius 2 is 2.22 bits per heavy atom. The zero-order valence-corrected chi connectivity index (χ0v) is 11.1. The van der Waals surface area contributed by atoms with Crippen LogP contribution in [0.5, 0.6) is 0 Å². The largest absolute Gasteiger partial charge is 0.316 e. The maximum atomic E-state index is 13.8. The molecule has 1 aromatic carbocycles. The van der Waals surface area contributed by atoms with Crippen molar-refractivity contribution in [2.45, 2.75) is 33.1 Å². The van der Waals surface area contributed by atoms with Gasteiger partial charge in [0.25, 0.3) is 0 Å². The summed E-state index contributed by atoms with van der Waals surface area (Å²) in [6, 6.07) is 3.31. The predicted molar refractivity (Wildman–Crippen MR) is 70.4 cm³/mol. The standard InChI is InChI=1S/C15H20FNO/c1-10-7-11(2)15(13(16)8-10)14(18)4-3-12-5-6-17-9-12/h7-8,12,17H,3-6,9H2,1-2H3. The molecule has 1 aliphatic rings. The fourth-order valence-corrected chi connectivity index (χ4v) is 2.69. The molecule has 1 aliphatic heterocycles. The van der Waals surface area contributed by atoms with E-state index in [1.165, 1.54) is 6.07 Å². The Kier molecular flexibility index (Phi) is 4.12. The first-order valence-corrected chi connectivity index (χ1v) is 6.58. The van der Waals surface area contributed by atoms with Gasteiger partial charge in [-0.25, -0.2) is 4.39 Å². The number of hydrogen-bond acceptors (Lipinski definition) is 2. The second kappa shape index (κ2) is 5.61. The van der Waals surface area contributed by atoms with Crippen LogP contribution in [0, 0.1) is 25.6 Å². The maximum absolute atomic E-state index is 13.8. The highest BCUT2D eigenvalue weighted by molar-refractivity contribution is 5.97. The van der Waals surface area contributed by atoms with Crippen LogP contribution in [0.2, 0.25) is 0 Å². The highest BCUT2D eigenvalue weighted by Crippen LogP contribution is 2.21. The van der Waals surface area contributed by atoms with E-state index in [1.54, 1.807) is 6.92 Å². The van der Waals surface area contributed by atoms with Crippen molar-refractivity contribution in [2.75, 3.05) is 13.1 Å². The summed E-state index contributed by atoms with van der Waals surface area (Å²) in [6.45, 7) is 5.67. The predicted octanol–water partition coefficient (Wildman–Crippen LogP) is 3.01. The van der Waals surface area contributed by atoms with Gasteiger partial charge in [0.05, 0.1) is 5.56 Å². The summed E-state index contributed by atoms with van der Waals surface area (Å²) in [5.74, 6) is 0.140. The number of Topliss-reactive ketones (excluding diaryl/α,β-unsaturated/α-hetero) is 1. The SMILES string of the molecule is Cc1cc(C)c(C(=O)CCC2CCNC2)c(F)c1. The van der Waals surface area contributed by atoms with Crippen molar-refractivity contribution in [3.63, 3.8) is 0 Å². The van der Waals surface area contributed by atoms with E-state index < -0.39 is 0 Å².